The van der Waals surface area contributed by atoms with Crippen LogP contribution in [0.2, 0.25) is 0 Å². The summed E-state index contributed by atoms with van der Waals surface area (Å²) in [5, 5.41) is 11.2. The highest BCUT2D eigenvalue weighted by molar-refractivity contribution is 5.89. The zero-order valence-electron chi connectivity index (χ0n) is 18.0. The standard InChI is InChI=1S/C23H29N5O3/c1-3-4-15-27(21(29)17-28-20-13-9-8-12-19(20)25-26-28)22(18-10-6-5-7-11-18)23(30)24-14-16-31-2/h5-13,22H,3-4,14-17H2,1-2H3,(H,24,30)/t22-/m0/s1. The van der Waals surface area contributed by atoms with Gasteiger partial charge in [-0.15, -0.1) is 5.10 Å². The lowest BCUT2D eigenvalue weighted by atomic mass is 10.0. The van der Waals surface area contributed by atoms with Gasteiger partial charge in [-0.05, 0) is 24.1 Å². The second-order valence-electron chi connectivity index (χ2n) is 7.27. The van der Waals surface area contributed by atoms with Gasteiger partial charge in [-0.1, -0.05) is 61.0 Å². The van der Waals surface area contributed by atoms with E-state index in [1.54, 1.807) is 16.7 Å². The molecule has 31 heavy (non-hydrogen) atoms. The van der Waals surface area contributed by atoms with Crippen molar-refractivity contribution >= 4 is 22.8 Å². The number of amides is 2. The van der Waals surface area contributed by atoms with Crippen LogP contribution in [0.15, 0.2) is 54.6 Å². The monoisotopic (exact) mass is 423 g/mol. The quantitative estimate of drug-likeness (QED) is 0.479. The number of para-hydroxylation sites is 1. The van der Waals surface area contributed by atoms with E-state index in [4.69, 9.17) is 4.74 Å². The Morgan fingerprint density at radius 3 is 2.61 bits per heavy atom. The minimum atomic E-state index is -0.730. The lowest BCUT2D eigenvalue weighted by Gasteiger charge is -2.31. The van der Waals surface area contributed by atoms with E-state index in [-0.39, 0.29) is 18.4 Å². The van der Waals surface area contributed by atoms with Gasteiger partial charge in [0.1, 0.15) is 18.1 Å². The van der Waals surface area contributed by atoms with Crippen LogP contribution in [0.25, 0.3) is 11.0 Å². The average Bonchev–Trinajstić information content (AvgIpc) is 3.20. The number of rotatable bonds is 11. The first-order valence-corrected chi connectivity index (χ1v) is 10.5. The molecule has 8 nitrogen and oxygen atoms in total. The van der Waals surface area contributed by atoms with Crippen molar-refractivity contribution in [3.8, 4) is 0 Å². The SMILES string of the molecule is CCCCN(C(=O)Cn1nnc2ccccc21)[C@H](C(=O)NCCOC)c1ccccc1. The number of nitrogens with zero attached hydrogens (tertiary/aromatic N) is 4. The Balaban J connectivity index is 1.89. The molecule has 0 saturated heterocycles. The highest BCUT2D eigenvalue weighted by atomic mass is 16.5. The number of benzene rings is 2. The van der Waals surface area contributed by atoms with Crippen LogP contribution in [0.1, 0.15) is 31.4 Å². The smallest absolute Gasteiger partial charge is 0.247 e. The maximum Gasteiger partial charge on any atom is 0.247 e. The summed E-state index contributed by atoms with van der Waals surface area (Å²) in [5.41, 5.74) is 2.28. The molecule has 0 spiro atoms. The van der Waals surface area contributed by atoms with E-state index in [0.717, 1.165) is 29.4 Å². The molecular formula is C23H29N5O3. The van der Waals surface area contributed by atoms with Crippen LogP contribution >= 0.6 is 0 Å². The fourth-order valence-corrected chi connectivity index (χ4v) is 3.46. The first-order chi connectivity index (χ1) is 15.2. The number of nitrogens with one attached hydrogen (secondary N) is 1. The van der Waals surface area contributed by atoms with Crippen LogP contribution in [0.4, 0.5) is 0 Å². The molecule has 1 atom stereocenters. The molecule has 1 N–H and O–H groups in total. The van der Waals surface area contributed by atoms with Crippen molar-refractivity contribution in [2.75, 3.05) is 26.8 Å². The molecule has 2 amide bonds. The summed E-state index contributed by atoms with van der Waals surface area (Å²) >= 11 is 0. The Kier molecular flexibility index (Phi) is 8.12. The lowest BCUT2D eigenvalue weighted by molar-refractivity contribution is -0.141. The van der Waals surface area contributed by atoms with Crippen LogP contribution in [-0.2, 0) is 20.9 Å². The van der Waals surface area contributed by atoms with Crippen molar-refractivity contribution in [1.29, 1.82) is 0 Å². The molecule has 0 saturated carbocycles. The minimum Gasteiger partial charge on any atom is -0.383 e. The van der Waals surface area contributed by atoms with E-state index >= 15 is 0 Å². The summed E-state index contributed by atoms with van der Waals surface area (Å²) in [6.07, 6.45) is 1.70. The summed E-state index contributed by atoms with van der Waals surface area (Å²) in [4.78, 5) is 28.2. The second kappa shape index (κ2) is 11.2. The van der Waals surface area contributed by atoms with E-state index in [1.807, 2.05) is 54.6 Å². The van der Waals surface area contributed by atoms with Crippen molar-refractivity contribution in [2.45, 2.75) is 32.4 Å². The maximum absolute atomic E-state index is 13.4. The number of hydrogen-bond acceptors (Lipinski definition) is 5. The molecule has 2 aromatic carbocycles. The Hall–Kier alpha value is -3.26. The van der Waals surface area contributed by atoms with Gasteiger partial charge >= 0.3 is 0 Å². The molecule has 3 rings (SSSR count). The summed E-state index contributed by atoms with van der Waals surface area (Å²) in [5.74, 6) is -0.406. The van der Waals surface area contributed by atoms with Gasteiger partial charge in [0.25, 0.3) is 0 Å². The molecule has 0 unspecified atom stereocenters. The topological polar surface area (TPSA) is 89.4 Å². The van der Waals surface area contributed by atoms with E-state index in [2.05, 4.69) is 22.6 Å². The molecule has 164 valence electrons. The van der Waals surface area contributed by atoms with Crippen molar-refractivity contribution in [3.63, 3.8) is 0 Å². The molecule has 3 aromatic rings. The van der Waals surface area contributed by atoms with Crippen LogP contribution in [0.5, 0.6) is 0 Å². The normalized spacial score (nSPS) is 11.9. The van der Waals surface area contributed by atoms with E-state index in [9.17, 15) is 9.59 Å². The maximum atomic E-state index is 13.4. The molecule has 1 heterocycles. The number of aromatic nitrogens is 3. The van der Waals surface area contributed by atoms with Gasteiger partial charge in [0, 0.05) is 20.2 Å². The van der Waals surface area contributed by atoms with Gasteiger partial charge in [-0.3, -0.25) is 9.59 Å². The highest BCUT2D eigenvalue weighted by Crippen LogP contribution is 2.23. The van der Waals surface area contributed by atoms with Gasteiger partial charge in [-0.25, -0.2) is 4.68 Å². The second-order valence-corrected chi connectivity index (χ2v) is 7.27. The third-order valence-corrected chi connectivity index (χ3v) is 5.06. The fourth-order valence-electron chi connectivity index (χ4n) is 3.46. The number of carbonyl (C=O) groups is 2. The number of hydrogen-bond donors (Lipinski definition) is 1. The first kappa shape index (κ1) is 22.4. The van der Waals surface area contributed by atoms with Gasteiger partial charge in [0.05, 0.1) is 12.1 Å². The zero-order valence-corrected chi connectivity index (χ0v) is 18.0. The summed E-state index contributed by atoms with van der Waals surface area (Å²) in [7, 11) is 1.58. The van der Waals surface area contributed by atoms with E-state index in [0.29, 0.717) is 19.7 Å². The third-order valence-electron chi connectivity index (χ3n) is 5.06. The van der Waals surface area contributed by atoms with Gasteiger partial charge < -0.3 is 15.0 Å². The molecule has 0 radical (unpaired) electrons. The highest BCUT2D eigenvalue weighted by Gasteiger charge is 2.31. The molecule has 0 bridgehead atoms. The van der Waals surface area contributed by atoms with Crippen LogP contribution < -0.4 is 5.32 Å². The lowest BCUT2D eigenvalue weighted by Crippen LogP contribution is -2.46. The first-order valence-electron chi connectivity index (χ1n) is 10.5. The number of ether oxygens (including phenoxy) is 1. The molecule has 0 aliphatic carbocycles. The molecule has 0 aliphatic rings. The molecular weight excluding hydrogens is 394 g/mol. The van der Waals surface area contributed by atoms with Gasteiger partial charge in [0.15, 0.2) is 0 Å². The van der Waals surface area contributed by atoms with E-state index in [1.165, 1.54) is 0 Å². The Labute approximate surface area is 182 Å². The predicted octanol–water partition coefficient (Wildman–Crippen LogP) is 2.56. The molecule has 8 heteroatoms. The molecule has 0 aliphatic heterocycles. The van der Waals surface area contributed by atoms with Crippen molar-refractivity contribution in [1.82, 2.24) is 25.2 Å². The average molecular weight is 424 g/mol. The molecule has 1 aromatic heterocycles. The number of carbonyl (C=O) groups excluding carboxylic acids is 2. The number of methoxy groups -OCH3 is 1. The number of unbranched alkanes of at least 4 members (excludes halogenated alkanes) is 1. The molecule has 0 fully saturated rings. The van der Waals surface area contributed by atoms with Crippen LogP contribution in [-0.4, -0.2) is 58.5 Å². The van der Waals surface area contributed by atoms with Crippen LogP contribution in [0.3, 0.4) is 0 Å². The van der Waals surface area contributed by atoms with Crippen molar-refractivity contribution < 1.29 is 14.3 Å². The zero-order chi connectivity index (χ0) is 22.1. The summed E-state index contributed by atoms with van der Waals surface area (Å²) in [6, 6.07) is 16.2. The largest absolute Gasteiger partial charge is 0.383 e. The summed E-state index contributed by atoms with van der Waals surface area (Å²) < 4.78 is 6.63. The summed E-state index contributed by atoms with van der Waals surface area (Å²) in [6.45, 7) is 3.32. The number of fused-ring (bicyclic) bond motifs is 1. The minimum absolute atomic E-state index is 0.0128. The van der Waals surface area contributed by atoms with Crippen molar-refractivity contribution in [2.24, 2.45) is 0 Å². The fraction of sp³-hybridized carbons (Fsp3) is 0.391. The predicted molar refractivity (Wildman–Crippen MR) is 118 cm³/mol. The third kappa shape index (κ3) is 5.67. The Morgan fingerprint density at radius 2 is 1.87 bits per heavy atom. The van der Waals surface area contributed by atoms with E-state index < -0.39 is 6.04 Å². The Bertz CT molecular complexity index is 989. The van der Waals surface area contributed by atoms with Crippen molar-refractivity contribution in [3.05, 3.63) is 60.2 Å². The Morgan fingerprint density at radius 1 is 1.13 bits per heavy atom. The van der Waals surface area contributed by atoms with Gasteiger partial charge in [-0.2, -0.15) is 0 Å². The van der Waals surface area contributed by atoms with Crippen LogP contribution in [0, 0.1) is 0 Å². The van der Waals surface area contributed by atoms with Gasteiger partial charge in [0.2, 0.25) is 11.8 Å².